The minimum absolute atomic E-state index is 0.0450. The van der Waals surface area contributed by atoms with Gasteiger partial charge in [-0.3, -0.25) is 4.99 Å². The first-order valence-electron chi connectivity index (χ1n) is 6.28. The van der Waals surface area contributed by atoms with Gasteiger partial charge in [-0.2, -0.15) is 0 Å². The average molecular weight is 229 g/mol. The number of aryl methyl sites for hydroxylation is 1. The zero-order valence-electron chi connectivity index (χ0n) is 10.5. The third-order valence-corrected chi connectivity index (χ3v) is 3.96. The Morgan fingerprint density at radius 2 is 2.06 bits per heavy atom. The van der Waals surface area contributed by atoms with Gasteiger partial charge >= 0.3 is 0 Å². The summed E-state index contributed by atoms with van der Waals surface area (Å²) in [6, 6.07) is 9.17. The molecule has 17 heavy (non-hydrogen) atoms. The molecule has 0 spiro atoms. The zero-order chi connectivity index (χ0) is 12.0. The normalized spacial score (nSPS) is 28.4. The van der Waals surface area contributed by atoms with Crippen LogP contribution in [0.15, 0.2) is 29.3 Å². The maximum Gasteiger partial charge on any atom is 0.192 e. The summed E-state index contributed by atoms with van der Waals surface area (Å²) in [4.78, 5) is 6.80. The van der Waals surface area contributed by atoms with Crippen LogP contribution in [-0.2, 0) is 5.54 Å². The molecular weight excluding hydrogens is 210 g/mol. The van der Waals surface area contributed by atoms with Gasteiger partial charge in [-0.25, -0.2) is 0 Å². The molecule has 3 rings (SSSR count). The van der Waals surface area contributed by atoms with Crippen LogP contribution in [0.1, 0.15) is 30.9 Å². The molecule has 1 aliphatic heterocycles. The minimum Gasteiger partial charge on any atom is -0.370 e. The first kappa shape index (κ1) is 10.6. The van der Waals surface area contributed by atoms with E-state index in [-0.39, 0.29) is 5.54 Å². The van der Waals surface area contributed by atoms with Gasteiger partial charge < -0.3 is 10.6 Å². The Kier molecular flexibility index (Phi) is 2.18. The van der Waals surface area contributed by atoms with Crippen molar-refractivity contribution in [1.29, 1.82) is 0 Å². The van der Waals surface area contributed by atoms with Gasteiger partial charge in [0, 0.05) is 6.04 Å². The maximum absolute atomic E-state index is 6.06. The second-order valence-electron chi connectivity index (χ2n) is 5.36. The first-order chi connectivity index (χ1) is 8.13. The van der Waals surface area contributed by atoms with E-state index in [4.69, 9.17) is 5.73 Å². The molecule has 1 unspecified atom stereocenters. The second-order valence-corrected chi connectivity index (χ2v) is 5.36. The predicted octanol–water partition coefficient (Wildman–Crippen LogP) is 2.00. The SMILES string of the molecule is Cc1ccccc1C1(C)CN=C(N)N1C1CC1. The summed E-state index contributed by atoms with van der Waals surface area (Å²) in [6.07, 6.45) is 2.50. The number of benzene rings is 1. The smallest absolute Gasteiger partial charge is 0.192 e. The van der Waals surface area contributed by atoms with Crippen molar-refractivity contribution in [2.45, 2.75) is 38.3 Å². The highest BCUT2D eigenvalue weighted by Crippen LogP contribution is 2.42. The summed E-state index contributed by atoms with van der Waals surface area (Å²) < 4.78 is 0. The summed E-state index contributed by atoms with van der Waals surface area (Å²) >= 11 is 0. The van der Waals surface area contributed by atoms with Crippen molar-refractivity contribution in [1.82, 2.24) is 4.90 Å². The van der Waals surface area contributed by atoms with Crippen molar-refractivity contribution in [3.63, 3.8) is 0 Å². The average Bonchev–Trinajstić information content (AvgIpc) is 3.07. The molecule has 2 aliphatic rings. The highest BCUT2D eigenvalue weighted by Gasteiger charge is 2.47. The van der Waals surface area contributed by atoms with Crippen LogP contribution in [0.4, 0.5) is 0 Å². The van der Waals surface area contributed by atoms with E-state index in [1.54, 1.807) is 0 Å². The van der Waals surface area contributed by atoms with Gasteiger partial charge in [-0.1, -0.05) is 24.3 Å². The molecule has 1 aliphatic carbocycles. The molecule has 1 aromatic carbocycles. The molecule has 0 radical (unpaired) electrons. The Morgan fingerprint density at radius 1 is 1.35 bits per heavy atom. The molecule has 0 saturated heterocycles. The van der Waals surface area contributed by atoms with Gasteiger partial charge in [0.25, 0.3) is 0 Å². The molecule has 0 bridgehead atoms. The quantitative estimate of drug-likeness (QED) is 0.842. The summed E-state index contributed by atoms with van der Waals surface area (Å²) in [7, 11) is 0. The van der Waals surface area contributed by atoms with Crippen LogP contribution in [-0.4, -0.2) is 23.4 Å². The standard InChI is InChI=1S/C14H19N3/c1-10-5-3-4-6-12(10)14(2)9-16-13(15)17(14)11-7-8-11/h3-6,11H,7-9H2,1-2H3,(H2,15,16). The first-order valence-corrected chi connectivity index (χ1v) is 6.28. The van der Waals surface area contributed by atoms with Crippen LogP contribution in [0.25, 0.3) is 0 Å². The third-order valence-electron chi connectivity index (χ3n) is 3.96. The van der Waals surface area contributed by atoms with E-state index in [0.717, 1.165) is 12.5 Å². The predicted molar refractivity (Wildman–Crippen MR) is 69.9 cm³/mol. The van der Waals surface area contributed by atoms with Crippen molar-refractivity contribution in [2.75, 3.05) is 6.54 Å². The van der Waals surface area contributed by atoms with E-state index >= 15 is 0 Å². The van der Waals surface area contributed by atoms with Crippen LogP contribution in [0.3, 0.4) is 0 Å². The van der Waals surface area contributed by atoms with Gasteiger partial charge in [-0.15, -0.1) is 0 Å². The monoisotopic (exact) mass is 229 g/mol. The van der Waals surface area contributed by atoms with E-state index in [1.165, 1.54) is 24.0 Å². The molecule has 1 saturated carbocycles. The summed E-state index contributed by atoms with van der Waals surface area (Å²) in [5.41, 5.74) is 8.70. The van der Waals surface area contributed by atoms with E-state index in [1.807, 2.05) is 0 Å². The molecule has 2 N–H and O–H groups in total. The van der Waals surface area contributed by atoms with Crippen molar-refractivity contribution in [2.24, 2.45) is 10.7 Å². The fraction of sp³-hybridized carbons (Fsp3) is 0.500. The number of guanidine groups is 1. The highest BCUT2D eigenvalue weighted by atomic mass is 15.4. The van der Waals surface area contributed by atoms with E-state index < -0.39 is 0 Å². The van der Waals surface area contributed by atoms with Gasteiger partial charge in [0.2, 0.25) is 0 Å². The van der Waals surface area contributed by atoms with Gasteiger partial charge in [0.1, 0.15) is 0 Å². The van der Waals surface area contributed by atoms with E-state index in [9.17, 15) is 0 Å². The van der Waals surface area contributed by atoms with Crippen molar-refractivity contribution in [3.8, 4) is 0 Å². The number of aliphatic imine (C=N–C) groups is 1. The molecule has 1 fully saturated rings. The van der Waals surface area contributed by atoms with Crippen LogP contribution in [0.5, 0.6) is 0 Å². The molecule has 0 amide bonds. The lowest BCUT2D eigenvalue weighted by atomic mass is 9.87. The lowest BCUT2D eigenvalue weighted by Gasteiger charge is -2.37. The lowest BCUT2D eigenvalue weighted by molar-refractivity contribution is 0.215. The van der Waals surface area contributed by atoms with Crippen LogP contribution in [0.2, 0.25) is 0 Å². The molecule has 1 aromatic rings. The Morgan fingerprint density at radius 3 is 2.71 bits per heavy atom. The van der Waals surface area contributed by atoms with Crippen molar-refractivity contribution in [3.05, 3.63) is 35.4 Å². The van der Waals surface area contributed by atoms with Crippen molar-refractivity contribution < 1.29 is 0 Å². The van der Waals surface area contributed by atoms with E-state index in [2.05, 4.69) is 48.0 Å². The third kappa shape index (κ3) is 1.53. The molecule has 1 atom stereocenters. The van der Waals surface area contributed by atoms with E-state index in [0.29, 0.717) is 6.04 Å². The topological polar surface area (TPSA) is 41.6 Å². The van der Waals surface area contributed by atoms with Gasteiger partial charge in [0.15, 0.2) is 5.96 Å². The summed E-state index contributed by atoms with van der Waals surface area (Å²) in [5, 5.41) is 0. The Bertz CT molecular complexity index is 476. The summed E-state index contributed by atoms with van der Waals surface area (Å²) in [6.45, 7) is 5.21. The zero-order valence-corrected chi connectivity index (χ0v) is 10.5. The maximum atomic E-state index is 6.06. The summed E-state index contributed by atoms with van der Waals surface area (Å²) in [5.74, 6) is 0.721. The molecular formula is C14H19N3. The molecule has 3 nitrogen and oxygen atoms in total. The fourth-order valence-electron chi connectivity index (χ4n) is 2.96. The van der Waals surface area contributed by atoms with Gasteiger partial charge in [0.05, 0.1) is 12.1 Å². The number of nitrogens with two attached hydrogens (primary N) is 1. The Hall–Kier alpha value is -1.51. The molecule has 3 heteroatoms. The van der Waals surface area contributed by atoms with Crippen molar-refractivity contribution >= 4 is 5.96 Å². The van der Waals surface area contributed by atoms with Crippen LogP contribution < -0.4 is 5.73 Å². The largest absolute Gasteiger partial charge is 0.370 e. The molecule has 0 aromatic heterocycles. The second kappa shape index (κ2) is 3.49. The minimum atomic E-state index is -0.0450. The fourth-order valence-corrected chi connectivity index (χ4v) is 2.96. The lowest BCUT2D eigenvalue weighted by Crippen LogP contribution is -2.49. The Balaban J connectivity index is 2.04. The Labute approximate surface area is 102 Å². The van der Waals surface area contributed by atoms with Crippen LogP contribution >= 0.6 is 0 Å². The number of nitrogens with zero attached hydrogens (tertiary/aromatic N) is 2. The number of hydrogen-bond acceptors (Lipinski definition) is 3. The number of rotatable bonds is 2. The molecule has 1 heterocycles. The molecule has 90 valence electrons. The highest BCUT2D eigenvalue weighted by molar-refractivity contribution is 5.82. The van der Waals surface area contributed by atoms with Crippen LogP contribution in [0, 0.1) is 6.92 Å². The van der Waals surface area contributed by atoms with Gasteiger partial charge in [-0.05, 0) is 37.8 Å². The number of hydrogen-bond donors (Lipinski definition) is 1.